The zero-order chi connectivity index (χ0) is 22.3. The summed E-state index contributed by atoms with van der Waals surface area (Å²) in [4.78, 5) is 50.8. The minimum atomic E-state index is -0.925. The maximum atomic E-state index is 12.5. The first-order chi connectivity index (χ1) is 14.3. The summed E-state index contributed by atoms with van der Waals surface area (Å²) < 4.78 is 17.0. The average Bonchev–Trinajstić information content (AvgIpc) is 2.70. The zero-order valence-corrected chi connectivity index (χ0v) is 17.1. The molecule has 0 spiro atoms. The molecule has 0 aliphatic rings. The van der Waals surface area contributed by atoms with E-state index in [0.29, 0.717) is 31.1 Å². The SMILES string of the molecule is CCCn1c(N)c(C(=O)COC(=O)c2ccc(OCC)c(OCC)c2)c(=O)[nH]c1=O. The molecule has 0 amide bonds. The number of Topliss-reactive ketones (excluding diaryl/α,β-unsaturated/α-hetero) is 1. The van der Waals surface area contributed by atoms with Crippen LogP contribution in [0.2, 0.25) is 0 Å². The molecule has 10 heteroatoms. The van der Waals surface area contributed by atoms with E-state index in [9.17, 15) is 19.2 Å². The van der Waals surface area contributed by atoms with Crippen LogP contribution < -0.4 is 26.5 Å². The van der Waals surface area contributed by atoms with Gasteiger partial charge in [-0.15, -0.1) is 0 Å². The van der Waals surface area contributed by atoms with E-state index in [1.165, 1.54) is 12.1 Å². The van der Waals surface area contributed by atoms with Gasteiger partial charge in [0.05, 0.1) is 18.8 Å². The van der Waals surface area contributed by atoms with Gasteiger partial charge in [-0.2, -0.15) is 0 Å². The third-order valence-corrected chi connectivity index (χ3v) is 4.08. The largest absolute Gasteiger partial charge is 0.490 e. The number of hydrogen-bond donors (Lipinski definition) is 2. The van der Waals surface area contributed by atoms with Crippen molar-refractivity contribution in [3.8, 4) is 11.5 Å². The highest BCUT2D eigenvalue weighted by Gasteiger charge is 2.21. The summed E-state index contributed by atoms with van der Waals surface area (Å²) in [5, 5.41) is 0. The first-order valence-corrected chi connectivity index (χ1v) is 9.56. The van der Waals surface area contributed by atoms with E-state index in [1.54, 1.807) is 13.0 Å². The standard InChI is InChI=1S/C20H25N3O7/c1-4-9-23-17(21)16(18(25)22-20(23)27)13(24)11-30-19(26)12-7-8-14(28-5-2)15(10-12)29-6-3/h7-8,10H,4-6,9,11,21H2,1-3H3,(H,22,25,27). The van der Waals surface area contributed by atoms with E-state index in [0.717, 1.165) is 4.57 Å². The van der Waals surface area contributed by atoms with Gasteiger partial charge in [0.2, 0.25) is 5.78 Å². The van der Waals surface area contributed by atoms with Crippen molar-refractivity contribution >= 4 is 17.6 Å². The Morgan fingerprint density at radius 2 is 1.73 bits per heavy atom. The smallest absolute Gasteiger partial charge is 0.338 e. The molecule has 0 bridgehead atoms. The lowest BCUT2D eigenvalue weighted by atomic mass is 10.2. The van der Waals surface area contributed by atoms with Crippen molar-refractivity contribution in [1.82, 2.24) is 9.55 Å². The van der Waals surface area contributed by atoms with E-state index < -0.39 is 35.2 Å². The Morgan fingerprint density at radius 1 is 1.07 bits per heavy atom. The molecule has 0 saturated carbocycles. The number of hydrogen-bond acceptors (Lipinski definition) is 8. The van der Waals surface area contributed by atoms with Crippen molar-refractivity contribution in [3.05, 3.63) is 50.2 Å². The van der Waals surface area contributed by atoms with Crippen LogP contribution in [0, 0.1) is 0 Å². The van der Waals surface area contributed by atoms with Crippen LogP contribution in [0.4, 0.5) is 5.82 Å². The Bertz CT molecular complexity index is 1040. The van der Waals surface area contributed by atoms with E-state index in [1.807, 2.05) is 13.8 Å². The normalized spacial score (nSPS) is 10.5. The summed E-state index contributed by atoms with van der Waals surface area (Å²) in [6.07, 6.45) is 0.568. The fourth-order valence-electron chi connectivity index (χ4n) is 2.77. The molecule has 0 aliphatic heterocycles. The number of ether oxygens (including phenoxy) is 3. The highest BCUT2D eigenvalue weighted by molar-refractivity contribution is 6.02. The number of benzene rings is 1. The molecular formula is C20H25N3O7. The number of nitrogens with one attached hydrogen (secondary N) is 1. The lowest BCUT2D eigenvalue weighted by Gasteiger charge is -2.13. The molecule has 30 heavy (non-hydrogen) atoms. The third-order valence-electron chi connectivity index (χ3n) is 4.08. The molecular weight excluding hydrogens is 394 g/mol. The van der Waals surface area contributed by atoms with Gasteiger partial charge in [-0.25, -0.2) is 9.59 Å². The van der Waals surface area contributed by atoms with Gasteiger partial charge < -0.3 is 19.9 Å². The van der Waals surface area contributed by atoms with Crippen LogP contribution in [-0.4, -0.2) is 41.1 Å². The molecule has 1 aromatic carbocycles. The number of H-pyrrole nitrogens is 1. The lowest BCUT2D eigenvalue weighted by molar-refractivity contribution is 0.0474. The van der Waals surface area contributed by atoms with Crippen LogP contribution in [0.5, 0.6) is 11.5 Å². The van der Waals surface area contributed by atoms with Gasteiger partial charge >= 0.3 is 11.7 Å². The minimum absolute atomic E-state index is 0.146. The van der Waals surface area contributed by atoms with Crippen LogP contribution in [-0.2, 0) is 11.3 Å². The zero-order valence-electron chi connectivity index (χ0n) is 17.1. The number of nitrogens with zero attached hydrogens (tertiary/aromatic N) is 1. The Morgan fingerprint density at radius 3 is 2.37 bits per heavy atom. The summed E-state index contributed by atoms with van der Waals surface area (Å²) in [6.45, 7) is 5.73. The molecule has 162 valence electrons. The first-order valence-electron chi connectivity index (χ1n) is 9.56. The van der Waals surface area contributed by atoms with E-state index in [2.05, 4.69) is 4.98 Å². The fraction of sp³-hybridized carbons (Fsp3) is 0.400. The number of esters is 1. The summed E-state index contributed by atoms with van der Waals surface area (Å²) >= 11 is 0. The first kappa shape index (κ1) is 22.7. The van der Waals surface area contributed by atoms with Gasteiger partial charge in [0.1, 0.15) is 11.4 Å². The molecule has 0 unspecified atom stereocenters. The van der Waals surface area contributed by atoms with Crippen LogP contribution in [0.1, 0.15) is 47.9 Å². The molecule has 0 saturated heterocycles. The Balaban J connectivity index is 2.20. The van der Waals surface area contributed by atoms with E-state index in [-0.39, 0.29) is 17.9 Å². The number of ketones is 1. The predicted octanol–water partition coefficient (Wildman–Crippen LogP) is 1.37. The van der Waals surface area contributed by atoms with Gasteiger partial charge in [0.15, 0.2) is 18.1 Å². The van der Waals surface area contributed by atoms with Gasteiger partial charge in [0.25, 0.3) is 5.56 Å². The van der Waals surface area contributed by atoms with E-state index in [4.69, 9.17) is 19.9 Å². The van der Waals surface area contributed by atoms with Crippen LogP contribution in [0.25, 0.3) is 0 Å². The number of nitrogen functional groups attached to an aromatic ring is 1. The van der Waals surface area contributed by atoms with Gasteiger partial charge in [-0.3, -0.25) is 19.1 Å². The number of carbonyl (C=O) groups excluding carboxylic acids is 2. The molecule has 0 aliphatic carbocycles. The summed E-state index contributed by atoms with van der Waals surface area (Å²) in [5.74, 6) is -1.02. The van der Waals surface area contributed by atoms with Crippen molar-refractivity contribution in [2.75, 3.05) is 25.6 Å². The highest BCUT2D eigenvalue weighted by Crippen LogP contribution is 2.28. The molecule has 1 aromatic heterocycles. The lowest BCUT2D eigenvalue weighted by Crippen LogP contribution is -2.37. The molecule has 2 rings (SSSR count). The minimum Gasteiger partial charge on any atom is -0.490 e. The van der Waals surface area contributed by atoms with Crippen molar-refractivity contribution in [3.63, 3.8) is 0 Å². The number of nitrogens with two attached hydrogens (primary N) is 1. The molecule has 0 radical (unpaired) electrons. The van der Waals surface area contributed by atoms with Crippen molar-refractivity contribution in [1.29, 1.82) is 0 Å². The van der Waals surface area contributed by atoms with Crippen molar-refractivity contribution in [2.45, 2.75) is 33.7 Å². The fourth-order valence-corrected chi connectivity index (χ4v) is 2.77. The molecule has 0 fully saturated rings. The Kier molecular flexibility index (Phi) is 7.79. The van der Waals surface area contributed by atoms with Crippen LogP contribution in [0.15, 0.2) is 27.8 Å². The quantitative estimate of drug-likeness (QED) is 0.434. The maximum absolute atomic E-state index is 12.5. The van der Waals surface area contributed by atoms with Crippen LogP contribution in [0.3, 0.4) is 0 Å². The average molecular weight is 419 g/mol. The number of anilines is 1. The Hall–Kier alpha value is -3.56. The summed E-state index contributed by atoms with van der Waals surface area (Å²) in [6, 6.07) is 4.49. The number of carbonyl (C=O) groups is 2. The monoisotopic (exact) mass is 419 g/mol. The summed E-state index contributed by atoms with van der Waals surface area (Å²) in [7, 11) is 0. The number of aromatic nitrogens is 2. The molecule has 3 N–H and O–H groups in total. The molecule has 2 aromatic rings. The maximum Gasteiger partial charge on any atom is 0.338 e. The highest BCUT2D eigenvalue weighted by atomic mass is 16.5. The van der Waals surface area contributed by atoms with Gasteiger partial charge in [0, 0.05) is 6.54 Å². The second-order valence-electron chi connectivity index (χ2n) is 6.20. The van der Waals surface area contributed by atoms with Gasteiger partial charge in [-0.1, -0.05) is 6.92 Å². The van der Waals surface area contributed by atoms with Crippen molar-refractivity contribution in [2.24, 2.45) is 0 Å². The van der Waals surface area contributed by atoms with Crippen LogP contribution >= 0.6 is 0 Å². The number of aromatic amines is 1. The predicted molar refractivity (Wildman–Crippen MR) is 109 cm³/mol. The van der Waals surface area contributed by atoms with Crippen molar-refractivity contribution < 1.29 is 23.8 Å². The van der Waals surface area contributed by atoms with E-state index >= 15 is 0 Å². The second-order valence-corrected chi connectivity index (χ2v) is 6.20. The molecule has 0 atom stereocenters. The summed E-state index contributed by atoms with van der Waals surface area (Å²) in [5.41, 5.74) is 3.94. The third kappa shape index (κ3) is 5.07. The second kappa shape index (κ2) is 10.3. The Labute approximate surface area is 172 Å². The number of rotatable bonds is 10. The molecule has 1 heterocycles. The topological polar surface area (TPSA) is 143 Å². The van der Waals surface area contributed by atoms with Gasteiger partial charge in [-0.05, 0) is 38.5 Å². The molecule has 10 nitrogen and oxygen atoms in total.